The Bertz CT molecular complexity index is 590. The normalized spacial score (nSPS) is 10.4. The molecule has 0 fully saturated rings. The van der Waals surface area contributed by atoms with Crippen molar-refractivity contribution in [2.45, 2.75) is 6.54 Å². The van der Waals surface area contributed by atoms with E-state index in [1.165, 1.54) is 18.0 Å². The van der Waals surface area contributed by atoms with E-state index in [-0.39, 0.29) is 12.2 Å². The average molecular weight is 235 g/mol. The quantitative estimate of drug-likeness (QED) is 0.769. The third kappa shape index (κ3) is 1.94. The minimum Gasteiger partial charge on any atom is -0.480 e. The van der Waals surface area contributed by atoms with Gasteiger partial charge in [-0.15, -0.1) is 0 Å². The molecule has 0 atom stereocenters. The second-order valence-corrected chi connectivity index (χ2v) is 3.26. The van der Waals surface area contributed by atoms with E-state index in [1.807, 2.05) is 0 Å². The molecule has 0 spiro atoms. The van der Waals surface area contributed by atoms with E-state index in [2.05, 4.69) is 14.8 Å². The third-order valence-corrected chi connectivity index (χ3v) is 2.17. The second-order valence-electron chi connectivity index (χ2n) is 3.26. The Morgan fingerprint density at radius 3 is 2.94 bits per heavy atom. The molecule has 1 N–H and O–H groups in total. The Balaban J connectivity index is 2.62. The van der Waals surface area contributed by atoms with Gasteiger partial charge in [0.25, 0.3) is 0 Å². The number of nitrogens with zero attached hydrogens (tertiary/aromatic N) is 3. The summed E-state index contributed by atoms with van der Waals surface area (Å²) in [6, 6.07) is 3.29. The molecule has 7 heteroatoms. The van der Waals surface area contributed by atoms with Gasteiger partial charge in [0, 0.05) is 6.20 Å². The average Bonchev–Trinajstić information content (AvgIpc) is 2.67. The van der Waals surface area contributed by atoms with Gasteiger partial charge in [0.1, 0.15) is 12.1 Å². The van der Waals surface area contributed by atoms with Crippen LogP contribution in [-0.4, -0.2) is 38.9 Å². The number of hydrogen-bond acceptors (Lipinski definition) is 5. The van der Waals surface area contributed by atoms with E-state index in [4.69, 9.17) is 5.11 Å². The molecule has 0 saturated heterocycles. The Hall–Kier alpha value is -2.44. The molecule has 2 rings (SSSR count). The van der Waals surface area contributed by atoms with Gasteiger partial charge in [-0.2, -0.15) is 5.10 Å². The first kappa shape index (κ1) is 11.1. The van der Waals surface area contributed by atoms with E-state index >= 15 is 0 Å². The third-order valence-electron chi connectivity index (χ3n) is 2.17. The predicted octanol–water partition coefficient (Wildman–Crippen LogP) is 0.302. The zero-order valence-corrected chi connectivity index (χ0v) is 8.95. The fourth-order valence-electron chi connectivity index (χ4n) is 1.49. The van der Waals surface area contributed by atoms with Crippen molar-refractivity contribution >= 4 is 23.0 Å². The molecule has 0 unspecified atom stereocenters. The molecule has 7 nitrogen and oxygen atoms in total. The lowest BCUT2D eigenvalue weighted by atomic mass is 10.3. The van der Waals surface area contributed by atoms with Crippen molar-refractivity contribution in [3.63, 3.8) is 0 Å². The van der Waals surface area contributed by atoms with Crippen molar-refractivity contribution in [1.82, 2.24) is 14.8 Å². The zero-order valence-electron chi connectivity index (χ0n) is 8.95. The predicted molar refractivity (Wildman–Crippen MR) is 56.5 cm³/mol. The molecular weight excluding hydrogens is 226 g/mol. The molecule has 0 radical (unpaired) electrons. The summed E-state index contributed by atoms with van der Waals surface area (Å²) >= 11 is 0. The van der Waals surface area contributed by atoms with Crippen molar-refractivity contribution in [3.05, 3.63) is 24.0 Å². The first-order valence-electron chi connectivity index (χ1n) is 4.75. The molecule has 2 aromatic rings. The molecule has 0 amide bonds. The molecule has 0 aliphatic carbocycles. The molecule has 0 aliphatic rings. The smallest absolute Gasteiger partial charge is 0.360 e. The standard InChI is InChI=1S/C10H9N3O4/c1-17-10(16)9-8-6(3-2-4-11-8)13(12-9)5-7(14)15/h2-4H,5H2,1H3,(H,14,15). The van der Waals surface area contributed by atoms with Crippen molar-refractivity contribution in [3.8, 4) is 0 Å². The number of aromatic nitrogens is 3. The van der Waals surface area contributed by atoms with Crippen molar-refractivity contribution < 1.29 is 19.4 Å². The van der Waals surface area contributed by atoms with E-state index in [0.29, 0.717) is 11.0 Å². The number of carboxylic acids is 1. The number of ether oxygens (including phenoxy) is 1. The molecule has 17 heavy (non-hydrogen) atoms. The van der Waals surface area contributed by atoms with Gasteiger partial charge in [-0.05, 0) is 12.1 Å². The fraction of sp³-hybridized carbons (Fsp3) is 0.200. The summed E-state index contributed by atoms with van der Waals surface area (Å²) in [6.45, 7) is -0.334. The van der Waals surface area contributed by atoms with Gasteiger partial charge in [0.15, 0.2) is 5.69 Å². The Labute approximate surface area is 95.6 Å². The lowest BCUT2D eigenvalue weighted by Gasteiger charge is -1.96. The Morgan fingerprint density at radius 2 is 2.29 bits per heavy atom. The fourth-order valence-corrected chi connectivity index (χ4v) is 1.49. The maximum atomic E-state index is 11.4. The van der Waals surface area contributed by atoms with Crippen LogP contribution in [0, 0.1) is 0 Å². The topological polar surface area (TPSA) is 94.3 Å². The highest BCUT2D eigenvalue weighted by Gasteiger charge is 2.19. The molecular formula is C10H9N3O4. The van der Waals surface area contributed by atoms with E-state index in [1.54, 1.807) is 12.1 Å². The summed E-state index contributed by atoms with van der Waals surface area (Å²) in [4.78, 5) is 26.1. The number of carbonyl (C=O) groups excluding carboxylic acids is 1. The van der Waals surface area contributed by atoms with Crippen LogP contribution < -0.4 is 0 Å². The Morgan fingerprint density at radius 1 is 1.53 bits per heavy atom. The number of aliphatic carboxylic acids is 1. The maximum Gasteiger partial charge on any atom is 0.360 e. The number of methoxy groups -OCH3 is 1. The number of carbonyl (C=O) groups is 2. The molecule has 0 bridgehead atoms. The number of esters is 1. The highest BCUT2D eigenvalue weighted by atomic mass is 16.5. The molecule has 0 aliphatic heterocycles. The van der Waals surface area contributed by atoms with Gasteiger partial charge in [-0.25, -0.2) is 4.79 Å². The molecule has 2 heterocycles. The van der Waals surface area contributed by atoms with Crippen LogP contribution in [0.15, 0.2) is 18.3 Å². The van der Waals surface area contributed by atoms with Gasteiger partial charge < -0.3 is 9.84 Å². The zero-order chi connectivity index (χ0) is 12.4. The molecule has 88 valence electrons. The first-order valence-corrected chi connectivity index (χ1v) is 4.75. The number of rotatable bonds is 3. The largest absolute Gasteiger partial charge is 0.480 e. The lowest BCUT2D eigenvalue weighted by molar-refractivity contribution is -0.137. The lowest BCUT2D eigenvalue weighted by Crippen LogP contribution is -2.11. The van der Waals surface area contributed by atoms with Gasteiger partial charge in [0.2, 0.25) is 0 Å². The molecule has 2 aromatic heterocycles. The van der Waals surface area contributed by atoms with E-state index in [0.717, 1.165) is 0 Å². The van der Waals surface area contributed by atoms with E-state index < -0.39 is 11.9 Å². The summed E-state index contributed by atoms with van der Waals surface area (Å²) in [5, 5.41) is 12.6. The first-order chi connectivity index (χ1) is 8.13. The monoisotopic (exact) mass is 235 g/mol. The molecule has 0 saturated carbocycles. The summed E-state index contributed by atoms with van der Waals surface area (Å²) < 4.78 is 5.77. The van der Waals surface area contributed by atoms with Crippen molar-refractivity contribution in [2.75, 3.05) is 7.11 Å². The van der Waals surface area contributed by atoms with Crippen molar-refractivity contribution in [2.24, 2.45) is 0 Å². The number of hydrogen-bond donors (Lipinski definition) is 1. The van der Waals surface area contributed by atoms with Crippen LogP contribution >= 0.6 is 0 Å². The number of pyridine rings is 1. The van der Waals surface area contributed by atoms with Crippen LogP contribution in [0.25, 0.3) is 11.0 Å². The summed E-state index contributed by atoms with van der Waals surface area (Å²) in [5.74, 6) is -1.69. The van der Waals surface area contributed by atoms with Crippen LogP contribution in [-0.2, 0) is 16.1 Å². The highest BCUT2D eigenvalue weighted by Crippen LogP contribution is 2.16. The van der Waals surface area contributed by atoms with Crippen molar-refractivity contribution in [1.29, 1.82) is 0 Å². The van der Waals surface area contributed by atoms with Gasteiger partial charge in [0.05, 0.1) is 12.6 Å². The Kier molecular flexibility index (Phi) is 2.73. The number of carboxylic acid groups (broad SMARTS) is 1. The van der Waals surface area contributed by atoms with Crippen LogP contribution in [0.4, 0.5) is 0 Å². The van der Waals surface area contributed by atoms with Gasteiger partial charge in [-0.1, -0.05) is 0 Å². The second kappa shape index (κ2) is 4.20. The summed E-state index contributed by atoms with van der Waals surface area (Å²) in [6.07, 6.45) is 1.50. The summed E-state index contributed by atoms with van der Waals surface area (Å²) in [7, 11) is 1.23. The van der Waals surface area contributed by atoms with Crippen LogP contribution in [0.5, 0.6) is 0 Å². The van der Waals surface area contributed by atoms with Gasteiger partial charge >= 0.3 is 11.9 Å². The van der Waals surface area contributed by atoms with Crippen LogP contribution in [0.3, 0.4) is 0 Å². The highest BCUT2D eigenvalue weighted by molar-refractivity contribution is 6.00. The summed E-state index contributed by atoms with van der Waals surface area (Å²) in [5.41, 5.74) is 0.834. The van der Waals surface area contributed by atoms with Crippen LogP contribution in [0.2, 0.25) is 0 Å². The van der Waals surface area contributed by atoms with Gasteiger partial charge in [-0.3, -0.25) is 14.5 Å². The maximum absolute atomic E-state index is 11.4. The van der Waals surface area contributed by atoms with E-state index in [9.17, 15) is 9.59 Å². The van der Waals surface area contributed by atoms with Crippen LogP contribution in [0.1, 0.15) is 10.5 Å². The number of fused-ring (bicyclic) bond motifs is 1. The molecule has 0 aromatic carbocycles. The minimum atomic E-state index is -1.05. The minimum absolute atomic E-state index is 0.0179. The SMILES string of the molecule is COC(=O)c1nn(CC(=O)O)c2cccnc12.